The Kier molecular flexibility index (Phi) is 4.10. The van der Waals surface area contributed by atoms with Crippen LogP contribution in [0.25, 0.3) is 0 Å². The molecule has 0 aromatic carbocycles. The summed E-state index contributed by atoms with van der Waals surface area (Å²) in [6.07, 6.45) is 2.84. The van der Waals surface area contributed by atoms with E-state index in [1.807, 2.05) is 0 Å². The molecule has 0 saturated carbocycles. The predicted molar refractivity (Wildman–Crippen MR) is 31.4 cm³/mol. The van der Waals surface area contributed by atoms with E-state index < -0.39 is 0 Å². The number of methoxy groups -OCH3 is 1. The van der Waals surface area contributed by atoms with Crippen LogP contribution in [-0.2, 0) is 4.74 Å². The van der Waals surface area contributed by atoms with Crippen LogP contribution in [0.4, 0.5) is 0 Å². The van der Waals surface area contributed by atoms with Crippen LogP contribution in [0, 0.1) is 0 Å². The number of rotatable bonds is 3. The molecule has 0 aliphatic carbocycles. The summed E-state index contributed by atoms with van der Waals surface area (Å²) in [5.41, 5.74) is 0. The molecular weight excluding hydrogens is 88.1 g/mol. The molecule has 0 spiro atoms. The van der Waals surface area contributed by atoms with Gasteiger partial charge in [0.1, 0.15) is 0 Å². The molecule has 0 aromatic rings. The van der Waals surface area contributed by atoms with Crippen LogP contribution < -0.4 is 0 Å². The molecule has 1 heteroatoms. The normalized spacial score (nSPS) is 14.1. The van der Waals surface area contributed by atoms with E-state index in [0.29, 0.717) is 6.10 Å². The summed E-state index contributed by atoms with van der Waals surface area (Å²) in [6.45, 7) is 4.25. The third-order valence-corrected chi connectivity index (χ3v) is 1.10. The Morgan fingerprint density at radius 3 is 2.29 bits per heavy atom. The van der Waals surface area contributed by atoms with Gasteiger partial charge >= 0.3 is 0 Å². The molecule has 0 aliphatic heterocycles. The van der Waals surface area contributed by atoms with Gasteiger partial charge in [-0.25, -0.2) is 0 Å². The molecule has 1 atom stereocenters. The molecule has 0 unspecified atom stereocenters. The van der Waals surface area contributed by atoms with Gasteiger partial charge in [-0.05, 0) is 13.3 Å². The molecule has 0 saturated heterocycles. The average molecular weight is 102 g/mol. The van der Waals surface area contributed by atoms with E-state index in [4.69, 9.17) is 4.74 Å². The van der Waals surface area contributed by atoms with Crippen LogP contribution in [0.3, 0.4) is 0 Å². The van der Waals surface area contributed by atoms with E-state index in [0.717, 1.165) is 0 Å². The maximum Gasteiger partial charge on any atom is 0.0543 e. The number of hydrogen-bond donors (Lipinski definition) is 0. The van der Waals surface area contributed by atoms with Gasteiger partial charge in [0.15, 0.2) is 0 Å². The zero-order chi connectivity index (χ0) is 5.70. The van der Waals surface area contributed by atoms with Crippen LogP contribution >= 0.6 is 0 Å². The van der Waals surface area contributed by atoms with Crippen molar-refractivity contribution in [3.8, 4) is 0 Å². The van der Waals surface area contributed by atoms with Gasteiger partial charge in [-0.2, -0.15) is 0 Å². The van der Waals surface area contributed by atoms with Crippen LogP contribution in [-0.4, -0.2) is 13.2 Å². The minimum Gasteiger partial charge on any atom is -0.382 e. The number of hydrogen-bond acceptors (Lipinski definition) is 1. The molecule has 0 bridgehead atoms. The first-order valence-corrected chi connectivity index (χ1v) is 2.84. The second kappa shape index (κ2) is 4.13. The zero-order valence-corrected chi connectivity index (χ0v) is 5.40. The van der Waals surface area contributed by atoms with E-state index in [2.05, 4.69) is 13.8 Å². The molecule has 0 N–H and O–H groups in total. The summed E-state index contributed by atoms with van der Waals surface area (Å²) in [7, 11) is 1.75. The van der Waals surface area contributed by atoms with Crippen molar-refractivity contribution in [2.75, 3.05) is 7.11 Å². The molecule has 0 amide bonds. The van der Waals surface area contributed by atoms with Crippen LogP contribution in [0.1, 0.15) is 26.7 Å². The molecule has 44 valence electrons. The quantitative estimate of drug-likeness (QED) is 0.528. The van der Waals surface area contributed by atoms with E-state index in [1.54, 1.807) is 7.11 Å². The molecule has 0 fully saturated rings. The highest BCUT2D eigenvalue weighted by atomic mass is 16.5. The smallest absolute Gasteiger partial charge is 0.0543 e. The van der Waals surface area contributed by atoms with Gasteiger partial charge in [0.25, 0.3) is 0 Å². The Hall–Kier alpha value is -0.0400. The predicted octanol–water partition coefficient (Wildman–Crippen LogP) is 1.82. The van der Waals surface area contributed by atoms with E-state index in [1.165, 1.54) is 12.8 Å². The second-order valence-electron chi connectivity index (χ2n) is 1.83. The summed E-state index contributed by atoms with van der Waals surface area (Å²) in [5, 5.41) is 0. The maximum absolute atomic E-state index is 4.99. The van der Waals surface area contributed by atoms with Crippen molar-refractivity contribution in [3.63, 3.8) is 0 Å². The summed E-state index contributed by atoms with van der Waals surface area (Å²) in [4.78, 5) is 0. The monoisotopic (exact) mass is 102 g/mol. The topological polar surface area (TPSA) is 9.23 Å². The van der Waals surface area contributed by atoms with Crippen molar-refractivity contribution >= 4 is 0 Å². The lowest BCUT2D eigenvalue weighted by Crippen LogP contribution is -2.02. The largest absolute Gasteiger partial charge is 0.382 e. The third kappa shape index (κ3) is 3.80. The van der Waals surface area contributed by atoms with Crippen molar-refractivity contribution in [3.05, 3.63) is 0 Å². The van der Waals surface area contributed by atoms with E-state index in [-0.39, 0.29) is 0 Å². The first-order valence-electron chi connectivity index (χ1n) is 2.84. The maximum atomic E-state index is 4.99. The van der Waals surface area contributed by atoms with E-state index >= 15 is 0 Å². The van der Waals surface area contributed by atoms with Crippen molar-refractivity contribution < 1.29 is 4.74 Å². The lowest BCUT2D eigenvalue weighted by atomic mass is 10.2. The van der Waals surface area contributed by atoms with Gasteiger partial charge in [0, 0.05) is 7.11 Å². The highest BCUT2D eigenvalue weighted by Gasteiger charge is 1.92. The lowest BCUT2D eigenvalue weighted by molar-refractivity contribution is 0.110. The van der Waals surface area contributed by atoms with Crippen LogP contribution in [0.5, 0.6) is 0 Å². The Morgan fingerprint density at radius 1 is 1.57 bits per heavy atom. The Balaban J connectivity index is 2.83. The van der Waals surface area contributed by atoms with Crippen molar-refractivity contribution in [2.45, 2.75) is 32.8 Å². The molecule has 0 aromatic heterocycles. The summed E-state index contributed by atoms with van der Waals surface area (Å²) < 4.78 is 4.99. The van der Waals surface area contributed by atoms with Gasteiger partial charge < -0.3 is 4.74 Å². The van der Waals surface area contributed by atoms with Gasteiger partial charge in [0.2, 0.25) is 0 Å². The standard InChI is InChI=1S/C6H14O/c1-4-5-6(2)7-3/h6H,4-5H2,1-3H3/t6-/m0/s1. The first kappa shape index (κ1) is 6.96. The minimum absolute atomic E-state index is 0.449. The van der Waals surface area contributed by atoms with Gasteiger partial charge in [-0.1, -0.05) is 13.3 Å². The number of ether oxygens (including phenoxy) is 1. The first-order chi connectivity index (χ1) is 3.31. The Morgan fingerprint density at radius 2 is 2.14 bits per heavy atom. The van der Waals surface area contributed by atoms with Crippen LogP contribution in [0.2, 0.25) is 0 Å². The van der Waals surface area contributed by atoms with Crippen molar-refractivity contribution in [1.82, 2.24) is 0 Å². The highest BCUT2D eigenvalue weighted by Crippen LogP contribution is 1.96. The second-order valence-corrected chi connectivity index (χ2v) is 1.83. The molecule has 0 heterocycles. The molecule has 0 radical (unpaired) electrons. The van der Waals surface area contributed by atoms with Gasteiger partial charge in [-0.15, -0.1) is 0 Å². The fraction of sp³-hybridized carbons (Fsp3) is 1.00. The van der Waals surface area contributed by atoms with Gasteiger partial charge in [0.05, 0.1) is 6.10 Å². The van der Waals surface area contributed by atoms with Crippen molar-refractivity contribution in [1.29, 1.82) is 0 Å². The lowest BCUT2D eigenvalue weighted by Gasteiger charge is -2.04. The van der Waals surface area contributed by atoms with Crippen molar-refractivity contribution in [2.24, 2.45) is 0 Å². The average Bonchev–Trinajstić information content (AvgIpc) is 1.68. The summed E-state index contributed by atoms with van der Waals surface area (Å²) in [6, 6.07) is 0. The zero-order valence-electron chi connectivity index (χ0n) is 5.40. The molecule has 0 aliphatic rings. The molecule has 1 nitrogen and oxygen atoms in total. The third-order valence-electron chi connectivity index (χ3n) is 1.10. The fourth-order valence-electron chi connectivity index (χ4n) is 0.524. The fourth-order valence-corrected chi connectivity index (χ4v) is 0.524. The Labute approximate surface area is 45.7 Å². The Bertz CT molecular complexity index is 35.2. The molecule has 7 heavy (non-hydrogen) atoms. The van der Waals surface area contributed by atoms with Gasteiger partial charge in [-0.3, -0.25) is 0 Å². The molecule has 0 rings (SSSR count). The minimum atomic E-state index is 0.449. The van der Waals surface area contributed by atoms with E-state index in [9.17, 15) is 0 Å². The summed E-state index contributed by atoms with van der Waals surface area (Å²) in [5.74, 6) is 0. The highest BCUT2D eigenvalue weighted by molar-refractivity contribution is 4.43. The van der Waals surface area contributed by atoms with Crippen LogP contribution in [0.15, 0.2) is 0 Å². The summed E-state index contributed by atoms with van der Waals surface area (Å²) >= 11 is 0. The molecular formula is C6H14O. The SMILES string of the molecule is CCC[C@H](C)OC.